The van der Waals surface area contributed by atoms with Crippen molar-refractivity contribution in [3.8, 4) is 0 Å². The Morgan fingerprint density at radius 3 is 2.67 bits per heavy atom. The molecule has 1 aliphatic carbocycles. The van der Waals surface area contributed by atoms with Crippen LogP contribution >= 0.6 is 0 Å². The second-order valence-corrected chi connectivity index (χ2v) is 3.34. The van der Waals surface area contributed by atoms with Gasteiger partial charge in [0.1, 0.15) is 0 Å². The van der Waals surface area contributed by atoms with Gasteiger partial charge in [-0.25, -0.2) is 0 Å². The first kappa shape index (κ1) is 7.58. The van der Waals surface area contributed by atoms with Crippen LogP contribution in [0.15, 0.2) is 0 Å². The lowest BCUT2D eigenvalue weighted by Crippen LogP contribution is -2.15. The van der Waals surface area contributed by atoms with E-state index in [1.54, 1.807) is 0 Å². The van der Waals surface area contributed by atoms with Crippen LogP contribution in [0.25, 0.3) is 0 Å². The van der Waals surface area contributed by atoms with Gasteiger partial charge < -0.3 is 5.84 Å². The molecule has 4 heteroatoms. The van der Waals surface area contributed by atoms with E-state index >= 15 is 0 Å². The van der Waals surface area contributed by atoms with Crippen LogP contribution in [0, 0.1) is 0 Å². The van der Waals surface area contributed by atoms with Crippen molar-refractivity contribution in [1.29, 1.82) is 0 Å². The molecule has 2 N–H and O–H groups in total. The van der Waals surface area contributed by atoms with Gasteiger partial charge in [-0.15, -0.1) is 5.10 Å². The Bertz CT molecular complexity index is 266. The number of hydrogen-bond acceptors (Lipinski definition) is 3. The number of nitrogens with two attached hydrogens (primary N) is 1. The van der Waals surface area contributed by atoms with Gasteiger partial charge in [0.25, 0.3) is 0 Å². The molecule has 0 aliphatic heterocycles. The molecule has 0 bridgehead atoms. The van der Waals surface area contributed by atoms with E-state index in [0.29, 0.717) is 0 Å². The maximum atomic E-state index is 5.62. The first-order valence-corrected chi connectivity index (χ1v) is 4.56. The molecule has 0 saturated heterocycles. The molecule has 0 amide bonds. The molecule has 4 nitrogen and oxygen atoms in total. The van der Waals surface area contributed by atoms with Crippen molar-refractivity contribution in [2.75, 3.05) is 5.84 Å². The molecule has 0 atom stereocenters. The largest absolute Gasteiger partial charge is 0.322 e. The predicted octanol–water partition coefficient (Wildman–Crippen LogP) is 0.651. The van der Waals surface area contributed by atoms with Crippen LogP contribution in [0.4, 0.5) is 0 Å². The fourth-order valence-corrected chi connectivity index (χ4v) is 1.74. The fraction of sp³-hybridized carbons (Fsp3) is 0.750. The number of aryl methyl sites for hydroxylation is 1. The van der Waals surface area contributed by atoms with Crippen molar-refractivity contribution in [3.05, 3.63) is 11.4 Å². The Labute approximate surface area is 71.7 Å². The third-order valence-corrected chi connectivity index (χ3v) is 2.45. The summed E-state index contributed by atoms with van der Waals surface area (Å²) in [5, 5.41) is 7.87. The zero-order valence-electron chi connectivity index (χ0n) is 7.16. The van der Waals surface area contributed by atoms with Gasteiger partial charge in [-0.1, -0.05) is 12.8 Å². The smallest absolute Gasteiger partial charge is 0.0881 e. The summed E-state index contributed by atoms with van der Waals surface area (Å²) in [6, 6.07) is 0. The molecule has 0 fully saturated rings. The van der Waals surface area contributed by atoms with Gasteiger partial charge in [0.2, 0.25) is 0 Å². The summed E-state index contributed by atoms with van der Waals surface area (Å²) in [7, 11) is 0. The second kappa shape index (κ2) is 3.13. The molecule has 0 unspecified atom stereocenters. The van der Waals surface area contributed by atoms with Crippen LogP contribution in [0.1, 0.15) is 37.1 Å². The molecule has 0 radical (unpaired) electrons. The van der Waals surface area contributed by atoms with Gasteiger partial charge in [-0.05, 0) is 30.9 Å². The molecule has 0 aromatic carbocycles. The summed E-state index contributed by atoms with van der Waals surface area (Å²) >= 11 is 0. The van der Waals surface area contributed by atoms with Crippen molar-refractivity contribution >= 4 is 0 Å². The highest BCUT2D eigenvalue weighted by molar-refractivity contribution is 5.11. The number of aromatic nitrogens is 3. The van der Waals surface area contributed by atoms with Gasteiger partial charge in [0.05, 0.1) is 11.4 Å². The van der Waals surface area contributed by atoms with Crippen molar-refractivity contribution < 1.29 is 0 Å². The molecule has 2 rings (SSSR count). The van der Waals surface area contributed by atoms with Crippen molar-refractivity contribution in [1.82, 2.24) is 15.1 Å². The number of fused-ring (bicyclic) bond motifs is 1. The van der Waals surface area contributed by atoms with Crippen LogP contribution < -0.4 is 5.84 Å². The van der Waals surface area contributed by atoms with E-state index in [1.165, 1.54) is 30.5 Å². The lowest BCUT2D eigenvalue weighted by Gasteiger charge is -2.07. The molecule has 1 aromatic rings. The average Bonchev–Trinajstić information content (AvgIpc) is 2.31. The first-order valence-electron chi connectivity index (χ1n) is 4.56. The standard InChI is InChI=1S/C8H14N4/c9-12-8-6-4-2-1-3-5-7(8)10-11-12/h1-6,9H2. The Balaban J connectivity index is 2.26. The normalized spacial score (nSPS) is 18.0. The highest BCUT2D eigenvalue weighted by atomic mass is 15.6. The highest BCUT2D eigenvalue weighted by Crippen LogP contribution is 2.16. The van der Waals surface area contributed by atoms with E-state index in [1.807, 2.05) is 0 Å². The molecular formula is C8H14N4. The zero-order chi connectivity index (χ0) is 8.39. The molecular weight excluding hydrogens is 152 g/mol. The minimum absolute atomic E-state index is 1.04. The van der Waals surface area contributed by atoms with E-state index in [-0.39, 0.29) is 0 Å². The van der Waals surface area contributed by atoms with Gasteiger partial charge in [0, 0.05) is 0 Å². The maximum Gasteiger partial charge on any atom is 0.0881 e. The monoisotopic (exact) mass is 166 g/mol. The van der Waals surface area contributed by atoms with E-state index < -0.39 is 0 Å². The molecule has 0 saturated carbocycles. The summed E-state index contributed by atoms with van der Waals surface area (Å²) in [5.41, 5.74) is 2.24. The van der Waals surface area contributed by atoms with Crippen LogP contribution in [0.5, 0.6) is 0 Å². The molecule has 0 spiro atoms. The van der Waals surface area contributed by atoms with Gasteiger partial charge in [0.15, 0.2) is 0 Å². The summed E-state index contributed by atoms with van der Waals surface area (Å²) in [6.07, 6.45) is 7.16. The second-order valence-electron chi connectivity index (χ2n) is 3.34. The molecule has 12 heavy (non-hydrogen) atoms. The number of rotatable bonds is 0. The highest BCUT2D eigenvalue weighted by Gasteiger charge is 2.12. The first-order chi connectivity index (χ1) is 5.88. The van der Waals surface area contributed by atoms with Crippen LogP contribution in [-0.2, 0) is 12.8 Å². The van der Waals surface area contributed by atoms with Crippen molar-refractivity contribution in [2.45, 2.75) is 38.5 Å². The van der Waals surface area contributed by atoms with E-state index in [2.05, 4.69) is 10.3 Å². The molecule has 1 aliphatic rings. The van der Waals surface area contributed by atoms with Gasteiger partial charge in [-0.2, -0.15) is 4.79 Å². The van der Waals surface area contributed by atoms with Crippen LogP contribution in [0.2, 0.25) is 0 Å². The van der Waals surface area contributed by atoms with Crippen LogP contribution in [-0.4, -0.2) is 15.1 Å². The number of hydrogen-bond donors (Lipinski definition) is 1. The topological polar surface area (TPSA) is 56.7 Å². The maximum absolute atomic E-state index is 5.62. The van der Waals surface area contributed by atoms with Gasteiger partial charge >= 0.3 is 0 Å². The lowest BCUT2D eigenvalue weighted by atomic mass is 10.0. The molecule has 1 aromatic heterocycles. The van der Waals surface area contributed by atoms with Crippen LogP contribution in [0.3, 0.4) is 0 Å². The SMILES string of the molecule is Nn1nnc2c1CCCCCC2. The minimum Gasteiger partial charge on any atom is -0.322 e. The third kappa shape index (κ3) is 1.29. The Kier molecular flexibility index (Phi) is 1.98. The summed E-state index contributed by atoms with van der Waals surface area (Å²) in [4.78, 5) is 1.43. The average molecular weight is 166 g/mol. The summed E-state index contributed by atoms with van der Waals surface area (Å²) in [6.45, 7) is 0. The quantitative estimate of drug-likeness (QED) is 0.576. The number of nitrogen functional groups attached to an aromatic ring is 1. The Hall–Kier alpha value is -1.06. The Morgan fingerprint density at radius 2 is 1.83 bits per heavy atom. The van der Waals surface area contributed by atoms with E-state index in [0.717, 1.165) is 24.2 Å². The third-order valence-electron chi connectivity index (χ3n) is 2.45. The summed E-state index contributed by atoms with van der Waals surface area (Å²) < 4.78 is 0. The molecule has 66 valence electrons. The van der Waals surface area contributed by atoms with Crippen molar-refractivity contribution in [2.24, 2.45) is 0 Å². The lowest BCUT2D eigenvalue weighted by molar-refractivity contribution is 0.598. The zero-order valence-corrected chi connectivity index (χ0v) is 7.16. The van der Waals surface area contributed by atoms with E-state index in [9.17, 15) is 0 Å². The summed E-state index contributed by atoms with van der Waals surface area (Å²) in [5.74, 6) is 5.62. The fourth-order valence-electron chi connectivity index (χ4n) is 1.74. The van der Waals surface area contributed by atoms with Gasteiger partial charge in [-0.3, -0.25) is 0 Å². The predicted molar refractivity (Wildman–Crippen MR) is 46.0 cm³/mol. The molecule has 1 heterocycles. The Morgan fingerprint density at radius 1 is 1.08 bits per heavy atom. The minimum atomic E-state index is 1.04. The van der Waals surface area contributed by atoms with E-state index in [4.69, 9.17) is 5.84 Å². The van der Waals surface area contributed by atoms with Crippen molar-refractivity contribution in [3.63, 3.8) is 0 Å². The number of nitrogens with zero attached hydrogens (tertiary/aromatic N) is 3.